The van der Waals surface area contributed by atoms with Crippen LogP contribution < -0.4 is 15.4 Å². The number of urea groups is 1. The van der Waals surface area contributed by atoms with Crippen LogP contribution in [0.2, 0.25) is 0 Å². The Morgan fingerprint density at radius 2 is 1.78 bits per heavy atom. The molecule has 2 aliphatic rings. The van der Waals surface area contributed by atoms with Crippen LogP contribution in [0.4, 0.5) is 4.79 Å². The smallest absolute Gasteiger partial charge is 0.322 e. The maximum atomic E-state index is 13.2. The molecule has 3 aromatic carbocycles. The van der Waals surface area contributed by atoms with Gasteiger partial charge in [-0.1, -0.05) is 42.5 Å². The summed E-state index contributed by atoms with van der Waals surface area (Å²) in [6.45, 7) is 0.341. The average molecular weight is 479 g/mol. The Morgan fingerprint density at radius 1 is 0.972 bits per heavy atom. The zero-order valence-electron chi connectivity index (χ0n) is 19.4. The van der Waals surface area contributed by atoms with Crippen molar-refractivity contribution >= 4 is 28.7 Å². The second kappa shape index (κ2) is 8.20. The van der Waals surface area contributed by atoms with E-state index >= 15 is 0 Å². The molecule has 0 unspecified atom stereocenters. The molecule has 1 saturated heterocycles. The maximum Gasteiger partial charge on any atom is 0.322 e. The summed E-state index contributed by atoms with van der Waals surface area (Å²) < 4.78 is 5.25. The third kappa shape index (κ3) is 3.46. The van der Waals surface area contributed by atoms with Crippen molar-refractivity contribution in [2.45, 2.75) is 12.1 Å². The molecule has 0 saturated carbocycles. The molecule has 2 aliphatic heterocycles. The third-order valence-electron chi connectivity index (χ3n) is 6.88. The van der Waals surface area contributed by atoms with Gasteiger partial charge in [-0.15, -0.1) is 0 Å². The van der Waals surface area contributed by atoms with Gasteiger partial charge in [0.1, 0.15) is 5.75 Å². The number of rotatable bonds is 5. The Bertz CT molecular complexity index is 1550. The summed E-state index contributed by atoms with van der Waals surface area (Å²) in [5, 5.41) is 6.16. The molecule has 6 rings (SSSR count). The Balaban J connectivity index is 1.33. The topological polar surface area (TPSA) is 101 Å². The van der Waals surface area contributed by atoms with Crippen LogP contribution in [-0.2, 0) is 16.9 Å². The van der Waals surface area contributed by atoms with E-state index in [1.54, 1.807) is 30.3 Å². The SMILES string of the molecule is COc1ccc2c(c1)C(=O)N(C[C@@]1(c3ccc(-c4ccc5ncccc5c4)cc3)NC(=O)NC1=O)C2. The van der Waals surface area contributed by atoms with Gasteiger partial charge in [-0.2, -0.15) is 0 Å². The number of methoxy groups -OCH3 is 1. The fraction of sp³-hybridized carbons (Fsp3) is 0.143. The molecular formula is C28H22N4O4. The second-order valence-corrected chi connectivity index (χ2v) is 8.99. The first-order chi connectivity index (χ1) is 17.5. The number of carbonyl (C=O) groups excluding carboxylic acids is 3. The van der Waals surface area contributed by atoms with Gasteiger partial charge in [-0.05, 0) is 52.6 Å². The number of benzene rings is 3. The monoisotopic (exact) mass is 478 g/mol. The molecule has 4 aromatic rings. The summed E-state index contributed by atoms with van der Waals surface area (Å²) in [4.78, 5) is 44.5. The van der Waals surface area contributed by atoms with E-state index in [1.165, 1.54) is 0 Å². The lowest BCUT2D eigenvalue weighted by molar-refractivity contribution is -0.124. The van der Waals surface area contributed by atoms with Gasteiger partial charge >= 0.3 is 6.03 Å². The fourth-order valence-corrected chi connectivity index (χ4v) is 4.98. The van der Waals surface area contributed by atoms with E-state index < -0.39 is 17.5 Å². The van der Waals surface area contributed by atoms with Crippen LogP contribution in [0.3, 0.4) is 0 Å². The van der Waals surface area contributed by atoms with Crippen molar-refractivity contribution in [1.29, 1.82) is 0 Å². The van der Waals surface area contributed by atoms with E-state index in [0.29, 0.717) is 23.4 Å². The number of hydrogen-bond donors (Lipinski definition) is 2. The molecule has 4 amide bonds. The summed E-state index contributed by atoms with van der Waals surface area (Å²) >= 11 is 0. The van der Waals surface area contributed by atoms with Gasteiger partial charge in [0, 0.05) is 23.7 Å². The number of pyridine rings is 1. The first-order valence-corrected chi connectivity index (χ1v) is 11.5. The number of carbonyl (C=O) groups is 3. The van der Waals surface area contributed by atoms with Gasteiger partial charge in [0.25, 0.3) is 11.8 Å². The molecule has 8 nitrogen and oxygen atoms in total. The van der Waals surface area contributed by atoms with Crippen LogP contribution in [0.25, 0.3) is 22.0 Å². The molecular weight excluding hydrogens is 456 g/mol. The minimum Gasteiger partial charge on any atom is -0.497 e. The fourth-order valence-electron chi connectivity index (χ4n) is 4.98. The molecule has 178 valence electrons. The van der Waals surface area contributed by atoms with Crippen LogP contribution in [0.15, 0.2) is 79.0 Å². The minimum atomic E-state index is -1.40. The van der Waals surface area contributed by atoms with Crippen molar-refractivity contribution in [2.24, 2.45) is 0 Å². The van der Waals surface area contributed by atoms with E-state index in [-0.39, 0.29) is 12.5 Å². The van der Waals surface area contributed by atoms with Gasteiger partial charge < -0.3 is 15.0 Å². The van der Waals surface area contributed by atoms with Crippen LogP contribution >= 0.6 is 0 Å². The molecule has 2 N–H and O–H groups in total. The number of ether oxygens (including phenoxy) is 1. The number of amides is 4. The summed E-state index contributed by atoms with van der Waals surface area (Å²) in [5.41, 5.74) is 3.47. The van der Waals surface area contributed by atoms with Crippen molar-refractivity contribution in [3.63, 3.8) is 0 Å². The molecule has 3 heterocycles. The first-order valence-electron chi connectivity index (χ1n) is 11.5. The highest BCUT2D eigenvalue weighted by Gasteiger charge is 2.50. The lowest BCUT2D eigenvalue weighted by Gasteiger charge is -2.31. The van der Waals surface area contributed by atoms with Crippen LogP contribution in [0.5, 0.6) is 5.75 Å². The predicted octanol–water partition coefficient (Wildman–Crippen LogP) is 3.60. The van der Waals surface area contributed by atoms with Crippen molar-refractivity contribution in [2.75, 3.05) is 13.7 Å². The zero-order chi connectivity index (χ0) is 24.9. The van der Waals surface area contributed by atoms with E-state index in [1.807, 2.05) is 54.6 Å². The first kappa shape index (κ1) is 21.8. The van der Waals surface area contributed by atoms with Gasteiger partial charge in [0.2, 0.25) is 0 Å². The number of imide groups is 1. The molecule has 0 spiro atoms. The van der Waals surface area contributed by atoms with E-state index in [9.17, 15) is 14.4 Å². The lowest BCUT2D eigenvalue weighted by Crippen LogP contribution is -2.52. The number of aromatic nitrogens is 1. The molecule has 1 aromatic heterocycles. The van der Waals surface area contributed by atoms with Crippen LogP contribution in [-0.4, -0.2) is 41.4 Å². The Morgan fingerprint density at radius 3 is 2.53 bits per heavy atom. The van der Waals surface area contributed by atoms with E-state index in [2.05, 4.69) is 21.7 Å². The molecule has 36 heavy (non-hydrogen) atoms. The largest absolute Gasteiger partial charge is 0.497 e. The normalized spacial score (nSPS) is 18.8. The Kier molecular flexibility index (Phi) is 4.96. The van der Waals surface area contributed by atoms with Crippen molar-refractivity contribution in [3.05, 3.63) is 95.7 Å². The summed E-state index contributed by atoms with van der Waals surface area (Å²) in [6, 6.07) is 22.2. The minimum absolute atomic E-state index is 0.00138. The summed E-state index contributed by atoms with van der Waals surface area (Å²) in [7, 11) is 1.55. The highest BCUT2D eigenvalue weighted by Crippen LogP contribution is 2.33. The Labute approximate surface area is 206 Å². The number of hydrogen-bond acceptors (Lipinski definition) is 5. The van der Waals surface area contributed by atoms with E-state index in [0.717, 1.165) is 27.6 Å². The van der Waals surface area contributed by atoms with Gasteiger partial charge in [0.15, 0.2) is 5.54 Å². The average Bonchev–Trinajstić information content (AvgIpc) is 3.38. The molecule has 0 aliphatic carbocycles. The summed E-state index contributed by atoms with van der Waals surface area (Å²) in [5.74, 6) is -0.109. The highest BCUT2D eigenvalue weighted by molar-refractivity contribution is 6.08. The van der Waals surface area contributed by atoms with Crippen LogP contribution in [0.1, 0.15) is 21.5 Å². The standard InChI is InChI=1S/C28H22N4O4/c1-36-22-10-6-20-15-32(25(33)23(20)14-22)16-28(26(34)30-27(35)31-28)21-8-4-17(5-9-21)18-7-11-24-19(13-18)3-2-12-29-24/h2-14H,15-16H2,1H3,(H2,30,31,34,35)/t28-/m0/s1. The van der Waals surface area contributed by atoms with Crippen LogP contribution in [0, 0.1) is 0 Å². The van der Waals surface area contributed by atoms with Crippen molar-refractivity contribution in [3.8, 4) is 16.9 Å². The predicted molar refractivity (Wildman–Crippen MR) is 133 cm³/mol. The highest BCUT2D eigenvalue weighted by atomic mass is 16.5. The number of fused-ring (bicyclic) bond motifs is 2. The molecule has 0 radical (unpaired) electrons. The van der Waals surface area contributed by atoms with Gasteiger partial charge in [-0.3, -0.25) is 19.9 Å². The molecule has 0 bridgehead atoms. The molecule has 1 atom stereocenters. The van der Waals surface area contributed by atoms with Gasteiger partial charge in [-0.25, -0.2) is 4.79 Å². The molecule has 1 fully saturated rings. The quantitative estimate of drug-likeness (QED) is 0.427. The molecule has 8 heteroatoms. The van der Waals surface area contributed by atoms with Crippen molar-refractivity contribution < 1.29 is 19.1 Å². The number of nitrogens with zero attached hydrogens (tertiary/aromatic N) is 2. The third-order valence-corrected chi connectivity index (χ3v) is 6.88. The second-order valence-electron chi connectivity index (χ2n) is 8.99. The van der Waals surface area contributed by atoms with E-state index in [4.69, 9.17) is 4.74 Å². The number of nitrogens with one attached hydrogen (secondary N) is 2. The maximum absolute atomic E-state index is 13.2. The summed E-state index contributed by atoms with van der Waals surface area (Å²) in [6.07, 6.45) is 1.76. The zero-order valence-corrected chi connectivity index (χ0v) is 19.4. The van der Waals surface area contributed by atoms with Gasteiger partial charge in [0.05, 0.1) is 19.2 Å². The Hall–Kier alpha value is -4.72. The van der Waals surface area contributed by atoms with Crippen molar-refractivity contribution in [1.82, 2.24) is 20.5 Å². The lowest BCUT2D eigenvalue weighted by atomic mass is 9.88.